The van der Waals surface area contributed by atoms with Crippen LogP contribution in [0.2, 0.25) is 0 Å². The molecule has 0 amide bonds. The van der Waals surface area contributed by atoms with E-state index in [9.17, 15) is 0 Å². The van der Waals surface area contributed by atoms with Crippen molar-refractivity contribution < 1.29 is 0 Å². The van der Waals surface area contributed by atoms with Gasteiger partial charge in [0.15, 0.2) is 0 Å². The average molecular weight is 337 g/mol. The van der Waals surface area contributed by atoms with Crippen molar-refractivity contribution in [1.29, 1.82) is 0 Å². The van der Waals surface area contributed by atoms with E-state index in [0.29, 0.717) is 0 Å². The molecule has 0 aliphatic carbocycles. The lowest BCUT2D eigenvalue weighted by Gasteiger charge is -2.30. The number of benzene rings is 1. The first-order valence-corrected chi connectivity index (χ1v) is 8.99. The summed E-state index contributed by atoms with van der Waals surface area (Å²) >= 11 is 0. The number of nitrogen functional groups attached to an aromatic ring is 1. The molecule has 0 aliphatic heterocycles. The Labute approximate surface area is 147 Å². The SMILES string of the molecule is CCNCC(N)(CNCCNCCCNC)Cc1ccc(N)cc1. The lowest BCUT2D eigenvalue weighted by atomic mass is 9.91. The van der Waals surface area contributed by atoms with Gasteiger partial charge < -0.3 is 32.7 Å². The molecule has 0 aliphatic rings. The van der Waals surface area contributed by atoms with Gasteiger partial charge in [-0.25, -0.2) is 0 Å². The molecule has 0 saturated carbocycles. The molecule has 0 heterocycles. The maximum absolute atomic E-state index is 6.65. The summed E-state index contributed by atoms with van der Waals surface area (Å²) in [6, 6.07) is 8.00. The van der Waals surface area contributed by atoms with Crippen molar-refractivity contribution in [2.75, 3.05) is 58.6 Å². The zero-order valence-electron chi connectivity index (χ0n) is 15.3. The van der Waals surface area contributed by atoms with Crippen LogP contribution in [0.4, 0.5) is 5.69 Å². The third-order valence-corrected chi connectivity index (χ3v) is 4.00. The molecule has 0 fully saturated rings. The number of rotatable bonds is 14. The van der Waals surface area contributed by atoms with E-state index in [0.717, 1.165) is 64.3 Å². The van der Waals surface area contributed by atoms with Gasteiger partial charge in [-0.05, 0) is 57.2 Å². The maximum atomic E-state index is 6.65. The highest BCUT2D eigenvalue weighted by atomic mass is 15.0. The second-order valence-corrected chi connectivity index (χ2v) is 6.44. The van der Waals surface area contributed by atoms with Gasteiger partial charge in [-0.15, -0.1) is 0 Å². The molecular weight excluding hydrogens is 300 g/mol. The fourth-order valence-electron chi connectivity index (χ4n) is 2.63. The van der Waals surface area contributed by atoms with Crippen molar-refractivity contribution in [2.45, 2.75) is 25.3 Å². The number of nitrogens with two attached hydrogens (primary N) is 2. The highest BCUT2D eigenvalue weighted by molar-refractivity contribution is 5.39. The normalized spacial score (nSPS) is 13.8. The standard InChI is InChI=1S/C18H36N6/c1-3-22-14-18(20,13-16-5-7-17(19)8-6-16)15-24-12-11-23-10-4-9-21-2/h5-8,21-24H,3-4,9-15,19-20H2,1-2H3. The third-order valence-electron chi connectivity index (χ3n) is 4.00. The topological polar surface area (TPSA) is 100 Å². The maximum Gasteiger partial charge on any atom is 0.0448 e. The molecule has 0 bridgehead atoms. The molecule has 8 N–H and O–H groups in total. The van der Waals surface area contributed by atoms with Crippen LogP contribution in [0, 0.1) is 0 Å². The van der Waals surface area contributed by atoms with Crippen molar-refractivity contribution in [3.63, 3.8) is 0 Å². The van der Waals surface area contributed by atoms with E-state index in [-0.39, 0.29) is 5.54 Å². The molecule has 1 atom stereocenters. The summed E-state index contributed by atoms with van der Waals surface area (Å²) in [5.74, 6) is 0. The number of nitrogens with one attached hydrogen (secondary N) is 4. The highest BCUT2D eigenvalue weighted by Crippen LogP contribution is 2.12. The van der Waals surface area contributed by atoms with Crippen LogP contribution < -0.4 is 32.7 Å². The smallest absolute Gasteiger partial charge is 0.0448 e. The fraction of sp³-hybridized carbons (Fsp3) is 0.667. The molecule has 0 radical (unpaired) electrons. The molecule has 6 heteroatoms. The fourth-order valence-corrected chi connectivity index (χ4v) is 2.63. The van der Waals surface area contributed by atoms with Crippen molar-refractivity contribution in [2.24, 2.45) is 5.73 Å². The van der Waals surface area contributed by atoms with E-state index >= 15 is 0 Å². The Morgan fingerprint density at radius 1 is 0.917 bits per heavy atom. The van der Waals surface area contributed by atoms with E-state index in [4.69, 9.17) is 11.5 Å². The van der Waals surface area contributed by atoms with E-state index in [1.165, 1.54) is 5.56 Å². The van der Waals surface area contributed by atoms with E-state index < -0.39 is 0 Å². The summed E-state index contributed by atoms with van der Waals surface area (Å²) in [7, 11) is 1.98. The molecule has 1 aromatic carbocycles. The Morgan fingerprint density at radius 3 is 2.25 bits per heavy atom. The molecular formula is C18H36N6. The lowest BCUT2D eigenvalue weighted by Crippen LogP contribution is -2.57. The van der Waals surface area contributed by atoms with Crippen LogP contribution >= 0.6 is 0 Å². The largest absolute Gasteiger partial charge is 0.399 e. The van der Waals surface area contributed by atoms with Crippen LogP contribution in [0.25, 0.3) is 0 Å². The summed E-state index contributed by atoms with van der Waals surface area (Å²) < 4.78 is 0. The Kier molecular flexibility index (Phi) is 10.6. The Hall–Kier alpha value is -1.18. The minimum absolute atomic E-state index is 0.307. The van der Waals surface area contributed by atoms with Gasteiger partial charge in [0, 0.05) is 37.4 Å². The van der Waals surface area contributed by atoms with Gasteiger partial charge in [0.2, 0.25) is 0 Å². The quantitative estimate of drug-likeness (QED) is 0.210. The zero-order valence-corrected chi connectivity index (χ0v) is 15.3. The minimum Gasteiger partial charge on any atom is -0.399 e. The monoisotopic (exact) mass is 336 g/mol. The first-order chi connectivity index (χ1) is 11.6. The summed E-state index contributed by atoms with van der Waals surface area (Å²) in [6.45, 7) is 8.57. The van der Waals surface area contributed by atoms with E-state index in [2.05, 4.69) is 40.3 Å². The molecule has 0 saturated heterocycles. The average Bonchev–Trinajstić information content (AvgIpc) is 2.58. The summed E-state index contributed by atoms with van der Waals surface area (Å²) in [6.07, 6.45) is 1.97. The van der Waals surface area contributed by atoms with Gasteiger partial charge in [0.25, 0.3) is 0 Å². The number of hydrogen-bond donors (Lipinski definition) is 6. The predicted octanol–water partition coefficient (Wildman–Crippen LogP) is -0.0930. The second-order valence-electron chi connectivity index (χ2n) is 6.44. The Balaban J connectivity index is 2.35. The molecule has 0 spiro atoms. The third kappa shape index (κ3) is 9.20. The second kappa shape index (κ2) is 12.2. The predicted molar refractivity (Wildman–Crippen MR) is 104 cm³/mol. The van der Waals surface area contributed by atoms with Gasteiger partial charge in [-0.1, -0.05) is 19.1 Å². The number of hydrogen-bond acceptors (Lipinski definition) is 6. The van der Waals surface area contributed by atoms with Crippen molar-refractivity contribution in [1.82, 2.24) is 21.3 Å². The summed E-state index contributed by atoms with van der Waals surface area (Å²) in [5.41, 5.74) is 14.1. The van der Waals surface area contributed by atoms with Crippen LogP contribution in [0.15, 0.2) is 24.3 Å². The van der Waals surface area contributed by atoms with Crippen LogP contribution in [0.1, 0.15) is 18.9 Å². The van der Waals surface area contributed by atoms with Crippen LogP contribution in [0.5, 0.6) is 0 Å². The highest BCUT2D eigenvalue weighted by Gasteiger charge is 2.24. The van der Waals surface area contributed by atoms with Crippen molar-refractivity contribution in [3.8, 4) is 0 Å². The van der Waals surface area contributed by atoms with Gasteiger partial charge >= 0.3 is 0 Å². The van der Waals surface area contributed by atoms with Crippen LogP contribution in [0.3, 0.4) is 0 Å². The zero-order chi connectivity index (χ0) is 17.7. The van der Waals surface area contributed by atoms with Gasteiger partial charge in [0.05, 0.1) is 0 Å². The molecule has 1 rings (SSSR count). The molecule has 0 aromatic heterocycles. The summed E-state index contributed by atoms with van der Waals surface area (Å²) in [4.78, 5) is 0. The first-order valence-electron chi connectivity index (χ1n) is 8.99. The molecule has 1 unspecified atom stereocenters. The lowest BCUT2D eigenvalue weighted by molar-refractivity contribution is 0.370. The molecule has 138 valence electrons. The van der Waals surface area contributed by atoms with Crippen LogP contribution in [-0.2, 0) is 6.42 Å². The first kappa shape index (κ1) is 20.9. The number of anilines is 1. The summed E-state index contributed by atoms with van der Waals surface area (Å²) in [5, 5.41) is 13.5. The van der Waals surface area contributed by atoms with E-state index in [1.54, 1.807) is 0 Å². The molecule has 6 nitrogen and oxygen atoms in total. The van der Waals surface area contributed by atoms with Crippen molar-refractivity contribution >= 4 is 5.69 Å². The molecule has 24 heavy (non-hydrogen) atoms. The number of likely N-dealkylation sites (N-methyl/N-ethyl adjacent to an activating group) is 1. The van der Waals surface area contributed by atoms with Gasteiger partial charge in [0.1, 0.15) is 0 Å². The van der Waals surface area contributed by atoms with Gasteiger partial charge in [-0.2, -0.15) is 0 Å². The molecule has 1 aromatic rings. The van der Waals surface area contributed by atoms with Crippen molar-refractivity contribution in [3.05, 3.63) is 29.8 Å². The Morgan fingerprint density at radius 2 is 1.58 bits per heavy atom. The van der Waals surface area contributed by atoms with E-state index in [1.807, 2.05) is 19.2 Å². The van der Waals surface area contributed by atoms with Crippen LogP contribution in [-0.4, -0.2) is 58.4 Å². The Bertz CT molecular complexity index is 422. The van der Waals surface area contributed by atoms with Gasteiger partial charge in [-0.3, -0.25) is 0 Å². The minimum atomic E-state index is -0.307.